The molecule has 0 fully saturated rings. The summed E-state index contributed by atoms with van der Waals surface area (Å²) in [6.07, 6.45) is 3.73. The molecular weight excluding hydrogens is 280 g/mol. The highest BCUT2D eigenvalue weighted by atomic mass is 35.5. The van der Waals surface area contributed by atoms with Crippen molar-refractivity contribution < 1.29 is 4.74 Å². The van der Waals surface area contributed by atoms with Crippen molar-refractivity contribution in [1.82, 2.24) is 4.98 Å². The van der Waals surface area contributed by atoms with Gasteiger partial charge >= 0.3 is 0 Å². The fourth-order valence-electron chi connectivity index (χ4n) is 1.64. The highest BCUT2D eigenvalue weighted by Crippen LogP contribution is 2.32. The minimum atomic E-state index is 0.394. The van der Waals surface area contributed by atoms with Crippen LogP contribution in [0.1, 0.15) is 11.3 Å². The highest BCUT2D eigenvalue weighted by molar-refractivity contribution is 7.98. The first-order valence-corrected chi connectivity index (χ1v) is 7.41. The van der Waals surface area contributed by atoms with Gasteiger partial charge in [-0.1, -0.05) is 11.6 Å². The van der Waals surface area contributed by atoms with E-state index < -0.39 is 0 Å². The van der Waals surface area contributed by atoms with E-state index in [-0.39, 0.29) is 0 Å². The number of nitrogens with two attached hydrogens (primary N) is 1. The van der Waals surface area contributed by atoms with Crippen LogP contribution in [0.2, 0.25) is 5.02 Å². The number of thioether (sulfide) groups is 1. The Morgan fingerprint density at radius 2 is 2.16 bits per heavy atom. The molecule has 0 unspecified atom stereocenters. The number of benzene rings is 1. The zero-order chi connectivity index (χ0) is 13.8. The minimum absolute atomic E-state index is 0.394. The van der Waals surface area contributed by atoms with Crippen LogP contribution in [0.4, 0.5) is 0 Å². The van der Waals surface area contributed by atoms with E-state index in [1.54, 1.807) is 18.0 Å². The monoisotopic (exact) mass is 294 g/mol. The zero-order valence-electron chi connectivity index (χ0n) is 10.8. The average Bonchev–Trinajstić information content (AvgIpc) is 2.41. The Morgan fingerprint density at radius 3 is 2.84 bits per heavy atom. The Labute approximate surface area is 122 Å². The van der Waals surface area contributed by atoms with Crippen molar-refractivity contribution in [2.24, 2.45) is 5.73 Å². The standard InChI is InChI=1S/C14H15ClN2OS/c1-9-5-13(10(7-16)8-17-9)18-11-3-4-12(15)14(6-11)19-2/h3-6,8H,7,16H2,1-2H3. The number of ether oxygens (including phenoxy) is 1. The summed E-state index contributed by atoms with van der Waals surface area (Å²) in [5.41, 5.74) is 7.46. The normalized spacial score (nSPS) is 10.5. The Hall–Kier alpha value is -1.23. The molecule has 0 aliphatic heterocycles. The van der Waals surface area contributed by atoms with Gasteiger partial charge in [-0.05, 0) is 31.4 Å². The van der Waals surface area contributed by atoms with E-state index in [1.165, 1.54) is 0 Å². The lowest BCUT2D eigenvalue weighted by Gasteiger charge is -2.11. The van der Waals surface area contributed by atoms with Gasteiger partial charge in [0, 0.05) is 35.0 Å². The van der Waals surface area contributed by atoms with E-state index in [2.05, 4.69) is 4.98 Å². The molecule has 3 nitrogen and oxygen atoms in total. The summed E-state index contributed by atoms with van der Waals surface area (Å²) in [7, 11) is 0. The predicted octanol–water partition coefficient (Wildman–Crippen LogP) is 4.02. The number of aromatic nitrogens is 1. The molecule has 19 heavy (non-hydrogen) atoms. The summed E-state index contributed by atoms with van der Waals surface area (Å²) in [6, 6.07) is 7.48. The second-order valence-corrected chi connectivity index (χ2v) is 5.29. The van der Waals surface area contributed by atoms with Gasteiger partial charge in [0.25, 0.3) is 0 Å². The van der Waals surface area contributed by atoms with Crippen LogP contribution in [0, 0.1) is 6.92 Å². The highest BCUT2D eigenvalue weighted by Gasteiger charge is 2.07. The van der Waals surface area contributed by atoms with Crippen molar-refractivity contribution in [1.29, 1.82) is 0 Å². The first-order valence-electron chi connectivity index (χ1n) is 5.81. The van der Waals surface area contributed by atoms with Gasteiger partial charge in [0.1, 0.15) is 11.5 Å². The molecule has 100 valence electrons. The lowest BCUT2D eigenvalue weighted by Crippen LogP contribution is -2.01. The van der Waals surface area contributed by atoms with Gasteiger partial charge in [0.15, 0.2) is 0 Å². The summed E-state index contributed by atoms with van der Waals surface area (Å²) in [4.78, 5) is 5.20. The number of nitrogens with zero attached hydrogens (tertiary/aromatic N) is 1. The molecule has 0 atom stereocenters. The van der Waals surface area contributed by atoms with Crippen LogP contribution >= 0.6 is 23.4 Å². The molecule has 0 saturated carbocycles. The molecule has 1 aromatic carbocycles. The van der Waals surface area contributed by atoms with Gasteiger partial charge < -0.3 is 10.5 Å². The van der Waals surface area contributed by atoms with Crippen LogP contribution in [-0.2, 0) is 6.54 Å². The third kappa shape index (κ3) is 3.41. The van der Waals surface area contributed by atoms with Crippen LogP contribution in [0.15, 0.2) is 35.4 Å². The molecule has 0 aliphatic carbocycles. The minimum Gasteiger partial charge on any atom is -0.457 e. The van der Waals surface area contributed by atoms with Crippen LogP contribution in [0.5, 0.6) is 11.5 Å². The van der Waals surface area contributed by atoms with Crippen molar-refractivity contribution >= 4 is 23.4 Å². The maximum Gasteiger partial charge on any atom is 0.135 e. The van der Waals surface area contributed by atoms with Gasteiger partial charge in [-0.15, -0.1) is 11.8 Å². The molecule has 0 radical (unpaired) electrons. The molecule has 0 bridgehead atoms. The molecule has 5 heteroatoms. The van der Waals surface area contributed by atoms with Gasteiger partial charge in [0.05, 0.1) is 5.02 Å². The maximum atomic E-state index is 6.08. The lowest BCUT2D eigenvalue weighted by atomic mass is 10.2. The molecule has 0 amide bonds. The fourth-order valence-corrected chi connectivity index (χ4v) is 2.49. The summed E-state index contributed by atoms with van der Waals surface area (Å²) in [5, 5.41) is 0.727. The van der Waals surface area contributed by atoms with E-state index in [4.69, 9.17) is 22.1 Å². The molecule has 2 N–H and O–H groups in total. The number of aryl methyl sites for hydroxylation is 1. The van der Waals surface area contributed by atoms with Crippen LogP contribution in [0.3, 0.4) is 0 Å². The van der Waals surface area contributed by atoms with Crippen molar-refractivity contribution in [3.8, 4) is 11.5 Å². The quantitative estimate of drug-likeness (QED) is 0.865. The predicted molar refractivity (Wildman–Crippen MR) is 80.2 cm³/mol. The summed E-state index contributed by atoms with van der Waals surface area (Å²) >= 11 is 7.66. The van der Waals surface area contributed by atoms with Gasteiger partial charge in [-0.2, -0.15) is 0 Å². The lowest BCUT2D eigenvalue weighted by molar-refractivity contribution is 0.473. The van der Waals surface area contributed by atoms with Gasteiger partial charge in [-0.3, -0.25) is 4.98 Å². The molecule has 1 heterocycles. The van der Waals surface area contributed by atoms with Crippen molar-refractivity contribution in [3.05, 3.63) is 46.7 Å². The van der Waals surface area contributed by atoms with E-state index in [0.717, 1.165) is 32.7 Å². The first kappa shape index (κ1) is 14.2. The Kier molecular flexibility index (Phi) is 4.69. The molecule has 2 aromatic rings. The zero-order valence-corrected chi connectivity index (χ0v) is 12.4. The van der Waals surface area contributed by atoms with Crippen LogP contribution in [0.25, 0.3) is 0 Å². The van der Waals surface area contributed by atoms with Gasteiger partial charge in [0.2, 0.25) is 0 Å². The number of pyridine rings is 1. The smallest absolute Gasteiger partial charge is 0.135 e. The SMILES string of the molecule is CSc1cc(Oc2cc(C)ncc2CN)ccc1Cl. The topological polar surface area (TPSA) is 48.1 Å². The summed E-state index contributed by atoms with van der Waals surface area (Å²) in [6.45, 7) is 2.31. The number of hydrogen-bond donors (Lipinski definition) is 1. The molecule has 0 saturated heterocycles. The third-order valence-corrected chi connectivity index (χ3v) is 3.87. The van der Waals surface area contributed by atoms with Gasteiger partial charge in [-0.25, -0.2) is 0 Å². The van der Waals surface area contributed by atoms with Crippen molar-refractivity contribution in [2.75, 3.05) is 6.26 Å². The van der Waals surface area contributed by atoms with Crippen molar-refractivity contribution in [3.63, 3.8) is 0 Å². The van der Waals surface area contributed by atoms with Crippen LogP contribution in [-0.4, -0.2) is 11.2 Å². The molecule has 2 rings (SSSR count). The molecule has 1 aromatic heterocycles. The fraction of sp³-hybridized carbons (Fsp3) is 0.214. The largest absolute Gasteiger partial charge is 0.457 e. The Balaban J connectivity index is 2.33. The first-order chi connectivity index (χ1) is 9.13. The molecule has 0 aliphatic rings. The van der Waals surface area contributed by atoms with E-state index in [9.17, 15) is 0 Å². The average molecular weight is 295 g/mol. The Bertz CT molecular complexity index is 590. The number of rotatable bonds is 4. The van der Waals surface area contributed by atoms with E-state index in [0.29, 0.717) is 6.54 Å². The number of halogens is 1. The summed E-state index contributed by atoms with van der Waals surface area (Å²) in [5.74, 6) is 1.48. The van der Waals surface area contributed by atoms with E-state index in [1.807, 2.05) is 37.4 Å². The molecule has 0 spiro atoms. The molecular formula is C14H15ClN2OS. The number of hydrogen-bond acceptors (Lipinski definition) is 4. The van der Waals surface area contributed by atoms with Crippen molar-refractivity contribution in [2.45, 2.75) is 18.4 Å². The third-order valence-electron chi connectivity index (χ3n) is 2.65. The second-order valence-electron chi connectivity index (χ2n) is 4.04. The Morgan fingerprint density at radius 1 is 1.37 bits per heavy atom. The summed E-state index contributed by atoms with van der Waals surface area (Å²) < 4.78 is 5.89. The maximum absolute atomic E-state index is 6.08. The second kappa shape index (κ2) is 6.28. The van der Waals surface area contributed by atoms with Crippen LogP contribution < -0.4 is 10.5 Å². The van der Waals surface area contributed by atoms with E-state index >= 15 is 0 Å².